The molecule has 0 rings (SSSR count). The predicted octanol–water partition coefficient (Wildman–Crippen LogP) is 1.84. The highest BCUT2D eigenvalue weighted by Gasteiger charge is 2.31. The number of ether oxygens (including phenoxy) is 1. The van der Waals surface area contributed by atoms with Crippen molar-refractivity contribution < 1.29 is 9.53 Å². The van der Waals surface area contributed by atoms with Crippen LogP contribution in [0.15, 0.2) is 0 Å². The molecule has 0 aliphatic carbocycles. The molecule has 0 saturated heterocycles. The third kappa shape index (κ3) is 4.04. The van der Waals surface area contributed by atoms with E-state index in [9.17, 15) is 4.79 Å². The van der Waals surface area contributed by atoms with E-state index in [4.69, 9.17) is 34.8 Å². The van der Waals surface area contributed by atoms with Gasteiger partial charge in [-0.3, -0.25) is 0 Å². The predicted molar refractivity (Wildman–Crippen MR) is 40.4 cm³/mol. The van der Waals surface area contributed by atoms with Crippen molar-refractivity contribution in [2.75, 3.05) is 0 Å². The first-order valence-electron chi connectivity index (χ1n) is 2.37. The molecule has 0 radical (unpaired) electrons. The second-order valence-electron chi connectivity index (χ2n) is 1.62. The largest absolute Gasteiger partial charge is 0.442 e. The quantitative estimate of drug-likeness (QED) is 0.666. The van der Waals surface area contributed by atoms with E-state index in [1.165, 1.54) is 6.92 Å². The van der Waals surface area contributed by atoms with Crippen molar-refractivity contribution in [2.45, 2.75) is 16.8 Å². The van der Waals surface area contributed by atoms with Crippen molar-refractivity contribution in [3.63, 3.8) is 0 Å². The van der Waals surface area contributed by atoms with E-state index in [1.54, 1.807) is 0 Å². The van der Waals surface area contributed by atoms with Gasteiger partial charge in [-0.15, -0.1) is 0 Å². The first kappa shape index (κ1) is 10.1. The monoisotopic (exact) mass is 205 g/mol. The molecular formula is C4H6Cl3NO2. The van der Waals surface area contributed by atoms with Gasteiger partial charge in [-0.05, 0) is 6.92 Å². The Morgan fingerprint density at radius 1 is 1.60 bits per heavy atom. The lowest BCUT2D eigenvalue weighted by atomic mass is 10.5. The lowest BCUT2D eigenvalue weighted by Gasteiger charge is -2.18. The van der Waals surface area contributed by atoms with Crippen LogP contribution in [-0.4, -0.2) is 16.0 Å². The smallest absolute Gasteiger partial charge is 0.404 e. The summed E-state index contributed by atoms with van der Waals surface area (Å²) in [6, 6.07) is 0. The van der Waals surface area contributed by atoms with Crippen LogP contribution in [0.1, 0.15) is 6.92 Å². The van der Waals surface area contributed by atoms with Crippen LogP contribution in [0.4, 0.5) is 4.79 Å². The molecule has 1 unspecified atom stereocenters. The van der Waals surface area contributed by atoms with Gasteiger partial charge in [-0.25, -0.2) is 4.79 Å². The van der Waals surface area contributed by atoms with E-state index in [0.29, 0.717) is 0 Å². The number of hydrogen-bond acceptors (Lipinski definition) is 2. The second kappa shape index (κ2) is 3.51. The fourth-order valence-corrected chi connectivity index (χ4v) is 0.375. The molecule has 6 heteroatoms. The van der Waals surface area contributed by atoms with Crippen LogP contribution >= 0.6 is 34.8 Å². The van der Waals surface area contributed by atoms with Gasteiger partial charge >= 0.3 is 6.09 Å². The van der Waals surface area contributed by atoms with Crippen LogP contribution in [0.2, 0.25) is 0 Å². The summed E-state index contributed by atoms with van der Waals surface area (Å²) in [5, 5.41) is 0. The standard InChI is InChI=1S/C4H6Cl3NO2/c1-2(4(5,6)7)10-3(8)9/h2H,1H3,(H2,8,9). The number of amides is 1. The molecule has 0 heterocycles. The zero-order valence-electron chi connectivity index (χ0n) is 5.11. The average molecular weight is 206 g/mol. The van der Waals surface area contributed by atoms with Gasteiger partial charge < -0.3 is 10.5 Å². The molecule has 0 saturated carbocycles. The van der Waals surface area contributed by atoms with Gasteiger partial charge in [0, 0.05) is 0 Å². The SMILES string of the molecule is CC(OC(N)=O)C(Cl)(Cl)Cl. The topological polar surface area (TPSA) is 52.3 Å². The molecule has 0 aromatic rings. The van der Waals surface area contributed by atoms with Gasteiger partial charge in [0.15, 0.2) is 0 Å². The molecule has 0 bridgehead atoms. The van der Waals surface area contributed by atoms with E-state index in [0.717, 1.165) is 0 Å². The van der Waals surface area contributed by atoms with Crippen molar-refractivity contribution in [1.82, 2.24) is 0 Å². The Morgan fingerprint density at radius 3 is 2.10 bits per heavy atom. The van der Waals surface area contributed by atoms with Gasteiger partial charge in [0.05, 0.1) is 0 Å². The Balaban J connectivity index is 3.85. The fraction of sp³-hybridized carbons (Fsp3) is 0.750. The van der Waals surface area contributed by atoms with Crippen molar-refractivity contribution in [3.8, 4) is 0 Å². The molecular weight excluding hydrogens is 200 g/mol. The molecule has 1 amide bonds. The van der Waals surface area contributed by atoms with Gasteiger partial charge in [-0.1, -0.05) is 34.8 Å². The lowest BCUT2D eigenvalue weighted by molar-refractivity contribution is 0.118. The summed E-state index contributed by atoms with van der Waals surface area (Å²) in [6.07, 6.45) is -1.80. The number of alkyl halides is 3. The summed E-state index contributed by atoms with van der Waals surface area (Å²) >= 11 is 16.0. The van der Waals surface area contributed by atoms with Crippen molar-refractivity contribution in [1.29, 1.82) is 0 Å². The molecule has 0 spiro atoms. The lowest BCUT2D eigenvalue weighted by Crippen LogP contribution is -2.30. The Kier molecular flexibility index (Phi) is 3.56. The number of rotatable bonds is 1. The zero-order valence-corrected chi connectivity index (χ0v) is 7.37. The molecule has 1 atom stereocenters. The maximum absolute atomic E-state index is 10.1. The van der Waals surface area contributed by atoms with Crippen LogP contribution in [0.5, 0.6) is 0 Å². The summed E-state index contributed by atoms with van der Waals surface area (Å²) < 4.78 is 2.74. The summed E-state index contributed by atoms with van der Waals surface area (Å²) in [7, 11) is 0. The molecule has 0 aliphatic rings. The normalized spacial score (nSPS) is 14.4. The van der Waals surface area contributed by atoms with Crippen molar-refractivity contribution in [3.05, 3.63) is 0 Å². The van der Waals surface area contributed by atoms with E-state index in [1.807, 2.05) is 0 Å². The first-order valence-corrected chi connectivity index (χ1v) is 3.50. The van der Waals surface area contributed by atoms with E-state index < -0.39 is 16.0 Å². The fourth-order valence-electron chi connectivity index (χ4n) is 0.241. The van der Waals surface area contributed by atoms with E-state index in [-0.39, 0.29) is 0 Å². The Bertz CT molecular complexity index is 133. The third-order valence-electron chi connectivity index (χ3n) is 0.754. The number of nitrogens with two attached hydrogens (primary N) is 1. The minimum Gasteiger partial charge on any atom is -0.442 e. The number of carbonyl (C=O) groups excluding carboxylic acids is 1. The van der Waals surface area contributed by atoms with E-state index >= 15 is 0 Å². The zero-order chi connectivity index (χ0) is 8.36. The maximum Gasteiger partial charge on any atom is 0.404 e. The highest BCUT2D eigenvalue weighted by Crippen LogP contribution is 2.31. The Labute approximate surface area is 73.4 Å². The van der Waals surface area contributed by atoms with E-state index in [2.05, 4.69) is 10.5 Å². The Morgan fingerprint density at radius 2 is 2.00 bits per heavy atom. The summed E-state index contributed by atoms with van der Waals surface area (Å²) in [4.78, 5) is 10.1. The summed E-state index contributed by atoms with van der Waals surface area (Å²) in [6.45, 7) is 1.43. The highest BCUT2D eigenvalue weighted by molar-refractivity contribution is 6.68. The molecule has 0 aliphatic heterocycles. The number of hydrogen-bond donors (Lipinski definition) is 1. The Hall–Kier alpha value is 0.140. The summed E-state index contributed by atoms with van der Waals surface area (Å²) in [5.74, 6) is 0. The van der Waals surface area contributed by atoms with Gasteiger partial charge in [0.2, 0.25) is 3.79 Å². The minimum absolute atomic E-state index is 0.838. The van der Waals surface area contributed by atoms with Crippen molar-refractivity contribution in [2.24, 2.45) is 5.73 Å². The molecule has 2 N–H and O–H groups in total. The second-order valence-corrected chi connectivity index (χ2v) is 3.99. The molecule has 0 fully saturated rings. The minimum atomic E-state index is -1.62. The van der Waals surface area contributed by atoms with Crippen LogP contribution in [-0.2, 0) is 4.74 Å². The van der Waals surface area contributed by atoms with Crippen LogP contribution < -0.4 is 5.73 Å². The summed E-state index contributed by atoms with van der Waals surface area (Å²) in [5.41, 5.74) is 4.65. The number of halogens is 3. The van der Waals surface area contributed by atoms with Crippen LogP contribution in [0.25, 0.3) is 0 Å². The van der Waals surface area contributed by atoms with Gasteiger partial charge in [0.1, 0.15) is 6.10 Å². The molecule has 0 aromatic heterocycles. The molecule has 60 valence electrons. The molecule has 3 nitrogen and oxygen atoms in total. The maximum atomic E-state index is 10.1. The van der Waals surface area contributed by atoms with Crippen LogP contribution in [0, 0.1) is 0 Å². The van der Waals surface area contributed by atoms with Crippen molar-refractivity contribution >= 4 is 40.9 Å². The third-order valence-corrected chi connectivity index (χ3v) is 1.68. The number of primary amides is 1. The van der Waals surface area contributed by atoms with Crippen LogP contribution in [0.3, 0.4) is 0 Å². The molecule has 10 heavy (non-hydrogen) atoms. The highest BCUT2D eigenvalue weighted by atomic mass is 35.6. The van der Waals surface area contributed by atoms with Gasteiger partial charge in [0.25, 0.3) is 0 Å². The molecule has 0 aromatic carbocycles. The van der Waals surface area contributed by atoms with Gasteiger partial charge in [-0.2, -0.15) is 0 Å². The average Bonchev–Trinajstić information content (AvgIpc) is 1.60. The number of carbonyl (C=O) groups is 1. The first-order chi connectivity index (χ1) is 4.34.